The van der Waals surface area contributed by atoms with Crippen LogP contribution in [0.3, 0.4) is 0 Å². The molecule has 1 aliphatic carbocycles. The Kier molecular flexibility index (Phi) is 2.83. The van der Waals surface area contributed by atoms with Crippen LogP contribution in [0.25, 0.3) is 0 Å². The molecule has 0 atom stereocenters. The Morgan fingerprint density at radius 1 is 1.43 bits per heavy atom. The number of carbonyl (C=O) groups excluding carboxylic acids is 1. The topological polar surface area (TPSA) is 57.6 Å². The summed E-state index contributed by atoms with van der Waals surface area (Å²) in [6.07, 6.45) is 2.18. The molecule has 4 nitrogen and oxygen atoms in total. The Hall–Kier alpha value is -1.06. The minimum Gasteiger partial charge on any atom is -0.481 e. The Morgan fingerprint density at radius 2 is 1.93 bits per heavy atom. The lowest BCUT2D eigenvalue weighted by molar-refractivity contribution is -0.151. The summed E-state index contributed by atoms with van der Waals surface area (Å²) >= 11 is 0. The molecule has 0 bridgehead atoms. The summed E-state index contributed by atoms with van der Waals surface area (Å²) in [5.41, 5.74) is -0.958. The molecule has 1 rings (SSSR count). The SMILES string of the molecule is CN(C(=O)CC(C)(C)C(=O)O)C1CC1. The number of aliphatic carboxylic acids is 1. The van der Waals surface area contributed by atoms with Crippen molar-refractivity contribution in [3.05, 3.63) is 0 Å². The van der Waals surface area contributed by atoms with Gasteiger partial charge in [-0.15, -0.1) is 0 Å². The molecule has 0 aliphatic heterocycles. The summed E-state index contributed by atoms with van der Waals surface area (Å²) in [7, 11) is 1.75. The van der Waals surface area contributed by atoms with Gasteiger partial charge in [-0.2, -0.15) is 0 Å². The van der Waals surface area contributed by atoms with E-state index in [0.717, 1.165) is 12.8 Å². The summed E-state index contributed by atoms with van der Waals surface area (Å²) in [4.78, 5) is 24.1. The highest BCUT2D eigenvalue weighted by Crippen LogP contribution is 2.28. The van der Waals surface area contributed by atoms with E-state index in [2.05, 4.69) is 0 Å². The Morgan fingerprint density at radius 3 is 2.29 bits per heavy atom. The second-order valence-electron chi connectivity index (χ2n) is 4.60. The molecule has 1 N–H and O–H groups in total. The Bertz CT molecular complexity index is 256. The predicted octanol–water partition coefficient (Wildman–Crippen LogP) is 1.11. The molecule has 1 aliphatic rings. The molecule has 0 aromatic heterocycles. The maximum Gasteiger partial charge on any atom is 0.309 e. The standard InChI is InChI=1S/C10H17NO3/c1-10(2,9(13)14)6-8(12)11(3)7-4-5-7/h7H,4-6H2,1-3H3,(H,13,14). The van der Waals surface area contributed by atoms with Gasteiger partial charge < -0.3 is 10.0 Å². The van der Waals surface area contributed by atoms with Crippen molar-refractivity contribution in [2.75, 3.05) is 7.05 Å². The third kappa shape index (κ3) is 2.47. The third-order valence-electron chi connectivity index (χ3n) is 2.66. The van der Waals surface area contributed by atoms with Gasteiger partial charge >= 0.3 is 5.97 Å². The first kappa shape index (κ1) is 11.0. The van der Waals surface area contributed by atoms with Gasteiger partial charge in [0.25, 0.3) is 0 Å². The summed E-state index contributed by atoms with van der Waals surface area (Å²) in [6, 6.07) is 0.354. The predicted molar refractivity (Wildman–Crippen MR) is 51.8 cm³/mol. The molecule has 0 aromatic carbocycles. The van der Waals surface area contributed by atoms with Crippen LogP contribution in [-0.2, 0) is 9.59 Å². The molecular weight excluding hydrogens is 182 g/mol. The van der Waals surface area contributed by atoms with Crippen LogP contribution in [0.2, 0.25) is 0 Å². The van der Waals surface area contributed by atoms with Gasteiger partial charge in [0, 0.05) is 19.5 Å². The van der Waals surface area contributed by atoms with Crippen molar-refractivity contribution in [2.24, 2.45) is 5.41 Å². The van der Waals surface area contributed by atoms with E-state index in [1.807, 2.05) is 0 Å². The molecule has 14 heavy (non-hydrogen) atoms. The van der Waals surface area contributed by atoms with Crippen molar-refractivity contribution >= 4 is 11.9 Å². The van der Waals surface area contributed by atoms with Crippen molar-refractivity contribution in [3.8, 4) is 0 Å². The fourth-order valence-corrected chi connectivity index (χ4v) is 1.24. The number of amides is 1. The highest BCUT2D eigenvalue weighted by Gasteiger charge is 2.35. The summed E-state index contributed by atoms with van der Waals surface area (Å²) in [5.74, 6) is -0.991. The molecule has 80 valence electrons. The van der Waals surface area contributed by atoms with Gasteiger partial charge in [0.15, 0.2) is 0 Å². The number of carboxylic acid groups (broad SMARTS) is 1. The minimum absolute atomic E-state index is 0.0695. The molecule has 4 heteroatoms. The lowest BCUT2D eigenvalue weighted by Gasteiger charge is -2.23. The van der Waals surface area contributed by atoms with Crippen molar-refractivity contribution in [1.29, 1.82) is 0 Å². The van der Waals surface area contributed by atoms with Crippen LogP contribution in [-0.4, -0.2) is 35.0 Å². The van der Waals surface area contributed by atoms with E-state index in [1.165, 1.54) is 0 Å². The first-order valence-electron chi connectivity index (χ1n) is 4.83. The van der Waals surface area contributed by atoms with E-state index in [0.29, 0.717) is 6.04 Å². The lowest BCUT2D eigenvalue weighted by atomic mass is 9.89. The van der Waals surface area contributed by atoms with Crippen LogP contribution < -0.4 is 0 Å². The number of carboxylic acids is 1. The number of hydrogen-bond donors (Lipinski definition) is 1. The number of nitrogens with zero attached hydrogens (tertiary/aromatic N) is 1. The molecular formula is C10H17NO3. The maximum absolute atomic E-state index is 11.6. The largest absolute Gasteiger partial charge is 0.481 e. The van der Waals surface area contributed by atoms with Crippen LogP contribution >= 0.6 is 0 Å². The van der Waals surface area contributed by atoms with E-state index in [-0.39, 0.29) is 12.3 Å². The van der Waals surface area contributed by atoms with Crippen molar-refractivity contribution in [1.82, 2.24) is 4.90 Å². The van der Waals surface area contributed by atoms with Gasteiger partial charge in [0.1, 0.15) is 0 Å². The van der Waals surface area contributed by atoms with E-state index in [4.69, 9.17) is 5.11 Å². The van der Waals surface area contributed by atoms with Gasteiger partial charge in [-0.25, -0.2) is 0 Å². The molecule has 1 fully saturated rings. The zero-order valence-corrected chi connectivity index (χ0v) is 8.91. The Balaban J connectivity index is 2.50. The summed E-state index contributed by atoms with van der Waals surface area (Å²) < 4.78 is 0. The fraction of sp³-hybridized carbons (Fsp3) is 0.800. The number of carbonyl (C=O) groups is 2. The summed E-state index contributed by atoms with van der Waals surface area (Å²) in [5, 5.41) is 8.86. The number of rotatable bonds is 4. The Labute approximate surface area is 83.9 Å². The van der Waals surface area contributed by atoms with Gasteiger partial charge in [-0.3, -0.25) is 9.59 Å². The molecule has 0 aromatic rings. The van der Waals surface area contributed by atoms with Crippen LogP contribution in [0.5, 0.6) is 0 Å². The van der Waals surface area contributed by atoms with Gasteiger partial charge in [-0.1, -0.05) is 0 Å². The molecule has 0 radical (unpaired) electrons. The van der Waals surface area contributed by atoms with Crippen LogP contribution in [0.15, 0.2) is 0 Å². The van der Waals surface area contributed by atoms with Crippen molar-refractivity contribution in [3.63, 3.8) is 0 Å². The van der Waals surface area contributed by atoms with E-state index < -0.39 is 11.4 Å². The fourth-order valence-electron chi connectivity index (χ4n) is 1.24. The van der Waals surface area contributed by atoms with Crippen molar-refractivity contribution in [2.45, 2.75) is 39.2 Å². The average molecular weight is 199 g/mol. The number of hydrogen-bond acceptors (Lipinski definition) is 2. The quantitative estimate of drug-likeness (QED) is 0.737. The summed E-state index contributed by atoms with van der Waals surface area (Å²) in [6.45, 7) is 3.15. The first-order chi connectivity index (χ1) is 6.34. The second kappa shape index (κ2) is 3.59. The first-order valence-corrected chi connectivity index (χ1v) is 4.83. The van der Waals surface area contributed by atoms with E-state index in [9.17, 15) is 9.59 Å². The molecule has 1 amide bonds. The average Bonchev–Trinajstić information content (AvgIpc) is 2.84. The smallest absolute Gasteiger partial charge is 0.309 e. The zero-order chi connectivity index (χ0) is 10.9. The van der Waals surface area contributed by atoms with Crippen molar-refractivity contribution < 1.29 is 14.7 Å². The normalized spacial score (nSPS) is 16.5. The van der Waals surface area contributed by atoms with Crippen LogP contribution in [0.1, 0.15) is 33.1 Å². The molecule has 0 unspecified atom stereocenters. The lowest BCUT2D eigenvalue weighted by Crippen LogP contribution is -2.35. The highest BCUT2D eigenvalue weighted by molar-refractivity contribution is 5.84. The van der Waals surface area contributed by atoms with Gasteiger partial charge in [-0.05, 0) is 26.7 Å². The molecule has 0 spiro atoms. The van der Waals surface area contributed by atoms with Gasteiger partial charge in [0.2, 0.25) is 5.91 Å². The third-order valence-corrected chi connectivity index (χ3v) is 2.66. The van der Waals surface area contributed by atoms with E-state index >= 15 is 0 Å². The maximum atomic E-state index is 11.6. The molecule has 0 saturated heterocycles. The monoisotopic (exact) mass is 199 g/mol. The minimum atomic E-state index is -0.958. The van der Waals surface area contributed by atoms with E-state index in [1.54, 1.807) is 25.8 Å². The van der Waals surface area contributed by atoms with Gasteiger partial charge in [0.05, 0.1) is 5.41 Å². The van der Waals surface area contributed by atoms with Crippen LogP contribution in [0, 0.1) is 5.41 Å². The molecule has 0 heterocycles. The second-order valence-corrected chi connectivity index (χ2v) is 4.60. The molecule has 1 saturated carbocycles. The zero-order valence-electron chi connectivity index (χ0n) is 8.91. The highest BCUT2D eigenvalue weighted by atomic mass is 16.4. The van der Waals surface area contributed by atoms with Crippen LogP contribution in [0.4, 0.5) is 0 Å².